The van der Waals surface area contributed by atoms with Crippen LogP contribution in [-0.2, 0) is 6.42 Å². The van der Waals surface area contributed by atoms with E-state index in [-0.39, 0.29) is 0 Å². The second-order valence-corrected chi connectivity index (χ2v) is 6.46. The molecule has 0 saturated carbocycles. The standard InChI is InChI=1S/C11H14N4OS2/c12-11-13-7(6-18-11)5-9-14-10(15-16-9)8-3-1-2-4-17-8/h6,8H,1-5H2,(H2,12,13). The molecule has 0 amide bonds. The summed E-state index contributed by atoms with van der Waals surface area (Å²) in [5, 5.41) is 6.98. The molecular formula is C11H14N4OS2. The van der Waals surface area contributed by atoms with Crippen molar-refractivity contribution in [2.24, 2.45) is 0 Å². The van der Waals surface area contributed by atoms with Crippen LogP contribution in [0.5, 0.6) is 0 Å². The summed E-state index contributed by atoms with van der Waals surface area (Å²) in [6.45, 7) is 0. The third kappa shape index (κ3) is 2.67. The SMILES string of the molecule is Nc1nc(Cc2nc(C3CCCCS3)no2)cs1. The molecule has 0 aliphatic carbocycles. The van der Waals surface area contributed by atoms with Gasteiger partial charge in [0.1, 0.15) is 0 Å². The maximum absolute atomic E-state index is 5.59. The molecule has 1 aliphatic heterocycles. The van der Waals surface area contributed by atoms with Crippen LogP contribution in [0.3, 0.4) is 0 Å². The van der Waals surface area contributed by atoms with Crippen LogP contribution < -0.4 is 5.73 Å². The topological polar surface area (TPSA) is 77.8 Å². The fourth-order valence-electron chi connectivity index (χ4n) is 1.97. The summed E-state index contributed by atoms with van der Waals surface area (Å²) in [5.74, 6) is 2.65. The van der Waals surface area contributed by atoms with E-state index in [2.05, 4.69) is 15.1 Å². The summed E-state index contributed by atoms with van der Waals surface area (Å²) in [6.07, 6.45) is 4.26. The van der Waals surface area contributed by atoms with Gasteiger partial charge >= 0.3 is 0 Å². The molecule has 0 radical (unpaired) electrons. The molecule has 0 spiro atoms. The number of nitrogen functional groups attached to an aromatic ring is 1. The van der Waals surface area contributed by atoms with Crippen LogP contribution >= 0.6 is 23.1 Å². The summed E-state index contributed by atoms with van der Waals surface area (Å²) >= 11 is 3.35. The van der Waals surface area contributed by atoms with E-state index in [9.17, 15) is 0 Å². The van der Waals surface area contributed by atoms with Gasteiger partial charge in [-0.15, -0.1) is 11.3 Å². The molecule has 7 heteroatoms. The molecular weight excluding hydrogens is 268 g/mol. The number of nitrogens with zero attached hydrogens (tertiary/aromatic N) is 3. The van der Waals surface area contributed by atoms with E-state index in [0.29, 0.717) is 22.7 Å². The van der Waals surface area contributed by atoms with Gasteiger partial charge in [-0.05, 0) is 18.6 Å². The molecule has 2 N–H and O–H groups in total. The van der Waals surface area contributed by atoms with Crippen LogP contribution in [0.1, 0.15) is 41.9 Å². The van der Waals surface area contributed by atoms with E-state index < -0.39 is 0 Å². The zero-order chi connectivity index (χ0) is 12.4. The molecule has 3 heterocycles. The average Bonchev–Trinajstić information content (AvgIpc) is 3.01. The maximum atomic E-state index is 5.59. The molecule has 1 atom stereocenters. The zero-order valence-corrected chi connectivity index (χ0v) is 11.5. The Morgan fingerprint density at radius 1 is 1.39 bits per heavy atom. The van der Waals surface area contributed by atoms with E-state index in [1.807, 2.05) is 17.1 Å². The first-order valence-corrected chi connectivity index (χ1v) is 7.88. The lowest BCUT2D eigenvalue weighted by Crippen LogP contribution is -2.04. The molecule has 1 aliphatic rings. The third-order valence-corrected chi connectivity index (χ3v) is 4.95. The molecule has 5 nitrogen and oxygen atoms in total. The Bertz CT molecular complexity index is 519. The average molecular weight is 282 g/mol. The molecule has 1 unspecified atom stereocenters. The van der Waals surface area contributed by atoms with Gasteiger partial charge in [-0.3, -0.25) is 0 Å². The normalized spacial score (nSPS) is 20.1. The van der Waals surface area contributed by atoms with Gasteiger partial charge in [-0.2, -0.15) is 16.7 Å². The predicted molar refractivity (Wildman–Crippen MR) is 72.7 cm³/mol. The van der Waals surface area contributed by atoms with Gasteiger partial charge in [-0.25, -0.2) is 4.98 Å². The molecule has 0 aromatic carbocycles. The van der Waals surface area contributed by atoms with Crippen molar-refractivity contribution in [2.75, 3.05) is 11.5 Å². The van der Waals surface area contributed by atoms with Crippen LogP contribution in [0.25, 0.3) is 0 Å². The van der Waals surface area contributed by atoms with Gasteiger partial charge in [0.15, 0.2) is 11.0 Å². The smallest absolute Gasteiger partial charge is 0.232 e. The van der Waals surface area contributed by atoms with Gasteiger partial charge in [0.2, 0.25) is 5.89 Å². The number of anilines is 1. The van der Waals surface area contributed by atoms with Gasteiger partial charge in [-0.1, -0.05) is 11.6 Å². The summed E-state index contributed by atoms with van der Waals surface area (Å²) in [7, 11) is 0. The minimum atomic E-state index is 0.400. The monoisotopic (exact) mass is 282 g/mol. The van der Waals surface area contributed by atoms with E-state index in [1.54, 1.807) is 0 Å². The minimum Gasteiger partial charge on any atom is -0.375 e. The predicted octanol–water partition coefficient (Wildman–Crippen LogP) is 2.66. The number of rotatable bonds is 3. The number of hydrogen-bond acceptors (Lipinski definition) is 7. The third-order valence-electron chi connectivity index (χ3n) is 2.85. The fourth-order valence-corrected chi connectivity index (χ4v) is 3.77. The molecule has 0 bridgehead atoms. The van der Waals surface area contributed by atoms with Crippen molar-refractivity contribution in [2.45, 2.75) is 30.9 Å². The highest BCUT2D eigenvalue weighted by Crippen LogP contribution is 2.36. The number of hydrogen-bond donors (Lipinski definition) is 1. The van der Waals surface area contributed by atoms with Crippen LogP contribution in [-0.4, -0.2) is 20.9 Å². The van der Waals surface area contributed by atoms with E-state index in [4.69, 9.17) is 10.3 Å². The van der Waals surface area contributed by atoms with Crippen LogP contribution in [0.2, 0.25) is 0 Å². The number of thiazole rings is 1. The highest BCUT2D eigenvalue weighted by Gasteiger charge is 2.21. The van der Waals surface area contributed by atoms with Crippen molar-refractivity contribution < 1.29 is 4.52 Å². The van der Waals surface area contributed by atoms with E-state index >= 15 is 0 Å². The molecule has 2 aromatic rings. The van der Waals surface area contributed by atoms with Crippen molar-refractivity contribution in [3.05, 3.63) is 22.8 Å². The van der Waals surface area contributed by atoms with E-state index in [0.717, 1.165) is 17.9 Å². The number of nitrogens with two attached hydrogens (primary N) is 1. The lowest BCUT2D eigenvalue weighted by atomic mass is 10.2. The highest BCUT2D eigenvalue weighted by atomic mass is 32.2. The van der Waals surface area contributed by atoms with E-state index in [1.165, 1.54) is 29.9 Å². The summed E-state index contributed by atoms with van der Waals surface area (Å²) in [5.41, 5.74) is 6.48. The Kier molecular flexibility index (Phi) is 3.51. The maximum Gasteiger partial charge on any atom is 0.232 e. The molecule has 3 rings (SSSR count). The van der Waals surface area contributed by atoms with Crippen LogP contribution in [0.15, 0.2) is 9.90 Å². The summed E-state index contributed by atoms with van der Waals surface area (Å²) in [6, 6.07) is 0. The van der Waals surface area contributed by atoms with Crippen molar-refractivity contribution in [3.63, 3.8) is 0 Å². The summed E-state index contributed by atoms with van der Waals surface area (Å²) < 4.78 is 5.28. The first-order valence-electron chi connectivity index (χ1n) is 5.95. The number of aromatic nitrogens is 3. The molecule has 1 saturated heterocycles. The minimum absolute atomic E-state index is 0.400. The van der Waals surface area contributed by atoms with Crippen LogP contribution in [0.4, 0.5) is 5.13 Å². The molecule has 2 aromatic heterocycles. The Hall–Kier alpha value is -1.08. The first-order chi connectivity index (χ1) is 8.81. The lowest BCUT2D eigenvalue weighted by Gasteiger charge is -2.17. The van der Waals surface area contributed by atoms with Crippen LogP contribution in [0, 0.1) is 0 Å². The zero-order valence-electron chi connectivity index (χ0n) is 9.83. The fraction of sp³-hybridized carbons (Fsp3) is 0.545. The van der Waals surface area contributed by atoms with Crippen molar-refractivity contribution >= 4 is 28.2 Å². The molecule has 96 valence electrons. The first kappa shape index (κ1) is 12.0. The number of thioether (sulfide) groups is 1. The second kappa shape index (κ2) is 5.27. The molecule has 1 fully saturated rings. The Balaban J connectivity index is 1.69. The Labute approximate surface area is 113 Å². The Morgan fingerprint density at radius 3 is 3.06 bits per heavy atom. The van der Waals surface area contributed by atoms with Crippen molar-refractivity contribution in [3.8, 4) is 0 Å². The lowest BCUT2D eigenvalue weighted by molar-refractivity contribution is 0.377. The largest absolute Gasteiger partial charge is 0.375 e. The van der Waals surface area contributed by atoms with Crippen molar-refractivity contribution in [1.29, 1.82) is 0 Å². The Morgan fingerprint density at radius 2 is 2.33 bits per heavy atom. The van der Waals surface area contributed by atoms with Gasteiger partial charge < -0.3 is 10.3 Å². The quantitative estimate of drug-likeness (QED) is 0.932. The highest BCUT2D eigenvalue weighted by molar-refractivity contribution is 7.99. The molecule has 18 heavy (non-hydrogen) atoms. The van der Waals surface area contributed by atoms with Gasteiger partial charge in [0, 0.05) is 5.38 Å². The van der Waals surface area contributed by atoms with Gasteiger partial charge in [0.05, 0.1) is 17.4 Å². The second-order valence-electron chi connectivity index (χ2n) is 4.26. The summed E-state index contributed by atoms with van der Waals surface area (Å²) in [4.78, 5) is 8.65. The van der Waals surface area contributed by atoms with Crippen molar-refractivity contribution in [1.82, 2.24) is 15.1 Å². The van der Waals surface area contributed by atoms with Gasteiger partial charge in [0.25, 0.3) is 0 Å².